The van der Waals surface area contributed by atoms with E-state index in [1.165, 1.54) is 14.2 Å². The van der Waals surface area contributed by atoms with Crippen molar-refractivity contribution in [2.45, 2.75) is 12.8 Å². The highest BCUT2D eigenvalue weighted by molar-refractivity contribution is 5.81. The van der Waals surface area contributed by atoms with Crippen LogP contribution in [0.2, 0.25) is 0 Å². The first-order valence-electron chi connectivity index (χ1n) is 6.17. The normalized spacial score (nSPS) is 10.0. The van der Waals surface area contributed by atoms with Crippen LogP contribution in [-0.2, 0) is 16.0 Å². The zero-order valence-corrected chi connectivity index (χ0v) is 12.0. The molecule has 122 valence electrons. The van der Waals surface area contributed by atoms with Gasteiger partial charge in [0.1, 0.15) is 11.5 Å². The van der Waals surface area contributed by atoms with Crippen LogP contribution < -0.4 is 20.3 Å². The summed E-state index contributed by atoms with van der Waals surface area (Å²) < 4.78 is 37.9. The molecule has 0 unspecified atom stereocenters. The van der Waals surface area contributed by atoms with Gasteiger partial charge in [0.25, 0.3) is 6.43 Å². The number of rotatable bonds is 6. The van der Waals surface area contributed by atoms with Crippen LogP contribution in [0.25, 0.3) is 0 Å². The van der Waals surface area contributed by atoms with Crippen molar-refractivity contribution in [1.29, 1.82) is 0 Å². The van der Waals surface area contributed by atoms with Crippen molar-refractivity contribution in [3.05, 3.63) is 23.8 Å². The molecule has 2 amide bonds. The Bertz CT molecular complexity index is 525. The zero-order valence-electron chi connectivity index (χ0n) is 12.0. The van der Waals surface area contributed by atoms with Gasteiger partial charge in [0.05, 0.1) is 20.6 Å². The van der Waals surface area contributed by atoms with Gasteiger partial charge in [-0.3, -0.25) is 10.2 Å². The molecule has 22 heavy (non-hydrogen) atoms. The fourth-order valence-corrected chi connectivity index (χ4v) is 1.51. The first-order valence-corrected chi connectivity index (χ1v) is 6.17. The van der Waals surface area contributed by atoms with Gasteiger partial charge in [0, 0.05) is 11.6 Å². The van der Waals surface area contributed by atoms with Crippen LogP contribution in [0.5, 0.6) is 11.5 Å². The van der Waals surface area contributed by atoms with E-state index in [1.807, 2.05) is 10.9 Å². The van der Waals surface area contributed by atoms with Crippen molar-refractivity contribution >= 4 is 12.0 Å². The third-order valence-electron chi connectivity index (χ3n) is 2.49. The van der Waals surface area contributed by atoms with E-state index in [9.17, 15) is 18.4 Å². The minimum absolute atomic E-state index is 0.0949. The highest BCUT2D eigenvalue weighted by Crippen LogP contribution is 2.24. The Labute approximate surface area is 125 Å². The molecule has 9 heteroatoms. The van der Waals surface area contributed by atoms with Gasteiger partial charge in [0.2, 0.25) is 5.91 Å². The smallest absolute Gasteiger partial charge is 0.426 e. The Balaban J connectivity index is 2.50. The Morgan fingerprint density at radius 3 is 2.50 bits per heavy atom. The number of hydrogen-bond donors (Lipinski definition) is 2. The lowest BCUT2D eigenvalue weighted by atomic mass is 10.1. The van der Waals surface area contributed by atoms with Gasteiger partial charge in [0.15, 0.2) is 6.61 Å². The molecule has 2 N–H and O–H groups in total. The predicted octanol–water partition coefficient (Wildman–Crippen LogP) is 1.27. The summed E-state index contributed by atoms with van der Waals surface area (Å²) in [7, 11) is 2.94. The van der Waals surface area contributed by atoms with Crippen LogP contribution >= 0.6 is 0 Å². The van der Waals surface area contributed by atoms with E-state index in [4.69, 9.17) is 9.47 Å². The van der Waals surface area contributed by atoms with Crippen LogP contribution in [0.4, 0.5) is 13.6 Å². The summed E-state index contributed by atoms with van der Waals surface area (Å²) in [4.78, 5) is 22.6. The lowest BCUT2D eigenvalue weighted by Gasteiger charge is -2.11. The molecule has 0 saturated heterocycles. The number of alkyl halides is 2. The Morgan fingerprint density at radius 2 is 1.91 bits per heavy atom. The molecule has 0 aliphatic carbocycles. The van der Waals surface area contributed by atoms with Gasteiger partial charge >= 0.3 is 6.09 Å². The third-order valence-corrected chi connectivity index (χ3v) is 2.49. The molecule has 1 aromatic rings. The van der Waals surface area contributed by atoms with E-state index in [2.05, 4.69) is 4.74 Å². The fourth-order valence-electron chi connectivity index (χ4n) is 1.51. The number of hydrogen-bond acceptors (Lipinski definition) is 5. The van der Waals surface area contributed by atoms with Crippen LogP contribution in [0.3, 0.4) is 0 Å². The maximum absolute atomic E-state index is 11.8. The van der Waals surface area contributed by atoms with Gasteiger partial charge < -0.3 is 14.2 Å². The van der Waals surface area contributed by atoms with Crippen molar-refractivity contribution in [3.8, 4) is 11.5 Å². The summed E-state index contributed by atoms with van der Waals surface area (Å²) in [6, 6.07) is 4.88. The number of carbonyl (C=O) groups excluding carboxylic acids is 2. The molecule has 0 aromatic heterocycles. The molecule has 0 spiro atoms. The van der Waals surface area contributed by atoms with Crippen LogP contribution in [0.15, 0.2) is 18.2 Å². The quantitative estimate of drug-likeness (QED) is 0.772. The van der Waals surface area contributed by atoms with Gasteiger partial charge in [-0.1, -0.05) is 6.07 Å². The van der Waals surface area contributed by atoms with Crippen molar-refractivity contribution in [1.82, 2.24) is 10.9 Å². The molecular weight excluding hydrogens is 302 g/mol. The largest absolute Gasteiger partial charge is 0.497 e. The minimum atomic E-state index is -2.77. The molecule has 0 heterocycles. The van der Waals surface area contributed by atoms with Crippen molar-refractivity contribution < 1.29 is 32.6 Å². The number of benzene rings is 1. The van der Waals surface area contributed by atoms with Crippen molar-refractivity contribution in [3.63, 3.8) is 0 Å². The molecule has 0 atom stereocenters. The number of carbonyl (C=O) groups is 2. The van der Waals surface area contributed by atoms with Crippen molar-refractivity contribution in [2.75, 3.05) is 20.8 Å². The predicted molar refractivity (Wildman–Crippen MR) is 71.9 cm³/mol. The van der Waals surface area contributed by atoms with E-state index in [0.29, 0.717) is 17.1 Å². The number of nitrogens with one attached hydrogen (secondary N) is 2. The maximum atomic E-state index is 11.8. The van der Waals surface area contributed by atoms with Crippen molar-refractivity contribution in [2.24, 2.45) is 0 Å². The van der Waals surface area contributed by atoms with Crippen LogP contribution in [0.1, 0.15) is 5.56 Å². The summed E-state index contributed by atoms with van der Waals surface area (Å²) in [5, 5.41) is 0. The monoisotopic (exact) mass is 318 g/mol. The lowest BCUT2D eigenvalue weighted by Crippen LogP contribution is -2.43. The van der Waals surface area contributed by atoms with Gasteiger partial charge in [-0.2, -0.15) is 0 Å². The maximum Gasteiger partial charge on any atom is 0.426 e. The van der Waals surface area contributed by atoms with E-state index < -0.39 is 25.0 Å². The summed E-state index contributed by atoms with van der Waals surface area (Å²) >= 11 is 0. The van der Waals surface area contributed by atoms with Crippen LogP contribution in [-0.4, -0.2) is 39.3 Å². The van der Waals surface area contributed by atoms with E-state index in [-0.39, 0.29) is 6.42 Å². The molecule has 0 aliphatic rings. The molecule has 0 radical (unpaired) electrons. The second-order valence-corrected chi connectivity index (χ2v) is 4.02. The average Bonchev–Trinajstić information content (AvgIpc) is 2.51. The molecule has 0 saturated carbocycles. The van der Waals surface area contributed by atoms with Crippen LogP contribution in [0, 0.1) is 0 Å². The Kier molecular flexibility index (Phi) is 6.87. The third kappa shape index (κ3) is 5.81. The Hall–Kier alpha value is -2.58. The molecule has 1 aromatic carbocycles. The highest BCUT2D eigenvalue weighted by Gasteiger charge is 2.12. The standard InChI is InChI=1S/C13H16F2N2O5/c1-20-9-4-3-8(10(6-9)21-2)5-12(18)16-17-13(19)22-7-11(14)15/h3-4,6,11H,5,7H2,1-2H3,(H,16,18)(H,17,19). The summed E-state index contributed by atoms with van der Waals surface area (Å²) in [6.07, 6.45) is -4.04. The molecular formula is C13H16F2N2O5. The second kappa shape index (κ2) is 8.65. The molecule has 7 nitrogen and oxygen atoms in total. The van der Waals surface area contributed by atoms with E-state index >= 15 is 0 Å². The van der Waals surface area contributed by atoms with Gasteiger partial charge in [-0.25, -0.2) is 19.0 Å². The number of halogens is 2. The number of hydrazine groups is 1. The first kappa shape index (κ1) is 17.5. The van der Waals surface area contributed by atoms with Gasteiger partial charge in [-0.15, -0.1) is 0 Å². The molecule has 0 aliphatic heterocycles. The average molecular weight is 318 g/mol. The van der Waals surface area contributed by atoms with E-state index in [0.717, 1.165) is 0 Å². The topological polar surface area (TPSA) is 85.9 Å². The highest BCUT2D eigenvalue weighted by atomic mass is 19.3. The number of methoxy groups -OCH3 is 2. The summed E-state index contributed by atoms with van der Waals surface area (Å²) in [5.74, 6) is 0.432. The lowest BCUT2D eigenvalue weighted by molar-refractivity contribution is -0.121. The van der Waals surface area contributed by atoms with E-state index in [1.54, 1.807) is 18.2 Å². The van der Waals surface area contributed by atoms with Gasteiger partial charge in [-0.05, 0) is 6.07 Å². The summed E-state index contributed by atoms with van der Waals surface area (Å²) in [5.41, 5.74) is 4.46. The molecule has 0 bridgehead atoms. The zero-order chi connectivity index (χ0) is 16.5. The Morgan fingerprint density at radius 1 is 1.18 bits per heavy atom. The first-order chi connectivity index (χ1) is 10.5. The fraction of sp³-hybridized carbons (Fsp3) is 0.385. The summed E-state index contributed by atoms with van der Waals surface area (Å²) in [6.45, 7) is -1.05. The second-order valence-electron chi connectivity index (χ2n) is 4.02. The molecule has 1 rings (SSSR count). The SMILES string of the molecule is COc1ccc(CC(=O)NNC(=O)OCC(F)F)c(OC)c1. The molecule has 0 fully saturated rings. The number of amides is 2. The number of ether oxygens (including phenoxy) is 3. The minimum Gasteiger partial charge on any atom is -0.497 e.